The van der Waals surface area contributed by atoms with Crippen LogP contribution >= 0.6 is 0 Å². The predicted octanol–water partition coefficient (Wildman–Crippen LogP) is 2.98. The van der Waals surface area contributed by atoms with Crippen LogP contribution in [0.5, 0.6) is 0 Å². The molecule has 0 radical (unpaired) electrons. The maximum absolute atomic E-state index is 6.05. The summed E-state index contributed by atoms with van der Waals surface area (Å²) in [5.41, 5.74) is 7.49. The molecule has 0 aromatic carbocycles. The topological polar surface area (TPSA) is 42.1 Å². The Morgan fingerprint density at radius 3 is 2.80 bits per heavy atom. The molecule has 1 aromatic rings. The van der Waals surface area contributed by atoms with Crippen LogP contribution in [0, 0.1) is 11.8 Å². The minimum atomic E-state index is 0.586. The van der Waals surface area contributed by atoms with Gasteiger partial charge in [-0.1, -0.05) is 13.3 Å². The normalized spacial score (nSPS) is 35.3. The summed E-state index contributed by atoms with van der Waals surface area (Å²) < 4.78 is 0. The largest absolute Gasteiger partial charge is 0.330 e. The minimum Gasteiger partial charge on any atom is -0.330 e. The fraction of sp³-hybridized carbons (Fsp3) is 0.706. The molecule has 1 aromatic heterocycles. The van der Waals surface area contributed by atoms with E-state index in [0.29, 0.717) is 18.0 Å². The molecule has 20 heavy (non-hydrogen) atoms. The van der Waals surface area contributed by atoms with Gasteiger partial charge in [-0.25, -0.2) is 0 Å². The van der Waals surface area contributed by atoms with Crippen LogP contribution in [0.15, 0.2) is 24.5 Å². The molecule has 0 spiro atoms. The first-order valence-corrected chi connectivity index (χ1v) is 8.15. The molecule has 3 heteroatoms. The van der Waals surface area contributed by atoms with Gasteiger partial charge in [-0.05, 0) is 68.3 Å². The molecule has 3 nitrogen and oxygen atoms in total. The molecule has 4 atom stereocenters. The average Bonchev–Trinajstić information content (AvgIpc) is 2.97. The number of hydrogen-bond donors (Lipinski definition) is 1. The molecule has 1 aliphatic heterocycles. The van der Waals surface area contributed by atoms with Crippen LogP contribution in [0.1, 0.15) is 50.6 Å². The van der Waals surface area contributed by atoms with Crippen molar-refractivity contribution in [1.29, 1.82) is 0 Å². The van der Waals surface area contributed by atoms with Crippen LogP contribution in [-0.4, -0.2) is 29.0 Å². The van der Waals surface area contributed by atoms with Gasteiger partial charge in [-0.3, -0.25) is 9.88 Å². The highest BCUT2D eigenvalue weighted by molar-refractivity contribution is 5.17. The summed E-state index contributed by atoms with van der Waals surface area (Å²) in [5.74, 6) is 1.54. The molecule has 0 amide bonds. The minimum absolute atomic E-state index is 0.586. The zero-order chi connectivity index (χ0) is 13.9. The summed E-state index contributed by atoms with van der Waals surface area (Å²) >= 11 is 0. The number of pyridine rings is 1. The Balaban J connectivity index is 1.80. The van der Waals surface area contributed by atoms with Crippen LogP contribution < -0.4 is 5.73 Å². The zero-order valence-corrected chi connectivity index (χ0v) is 12.5. The highest BCUT2D eigenvalue weighted by atomic mass is 15.2. The number of nitrogens with two attached hydrogens (primary N) is 1. The molecule has 2 N–H and O–H groups in total. The van der Waals surface area contributed by atoms with Crippen LogP contribution in [-0.2, 0) is 0 Å². The molecule has 3 rings (SSSR count). The fourth-order valence-electron chi connectivity index (χ4n) is 4.22. The number of nitrogens with zero attached hydrogens (tertiary/aromatic N) is 2. The second-order valence-electron chi connectivity index (χ2n) is 6.66. The molecule has 2 heterocycles. The van der Waals surface area contributed by atoms with E-state index in [9.17, 15) is 0 Å². The number of likely N-dealkylation sites (tertiary alicyclic amines) is 1. The van der Waals surface area contributed by atoms with Gasteiger partial charge in [0.25, 0.3) is 0 Å². The third kappa shape index (κ3) is 2.75. The van der Waals surface area contributed by atoms with E-state index in [0.717, 1.165) is 12.5 Å². The number of rotatable bonds is 3. The standard InChI is InChI=1S/C17H27N3/c1-13-4-5-15(12-18)17(11-13)20-10-2-3-16(20)14-6-8-19-9-7-14/h6-9,13,15-17H,2-5,10-12,18H2,1H3. The summed E-state index contributed by atoms with van der Waals surface area (Å²) in [6.45, 7) is 4.48. The van der Waals surface area contributed by atoms with Gasteiger partial charge in [0.05, 0.1) is 0 Å². The van der Waals surface area contributed by atoms with Crippen LogP contribution in [0.3, 0.4) is 0 Å². The van der Waals surface area contributed by atoms with Gasteiger partial charge >= 0.3 is 0 Å². The molecule has 4 unspecified atom stereocenters. The van der Waals surface area contributed by atoms with E-state index in [-0.39, 0.29) is 0 Å². The first-order chi connectivity index (χ1) is 9.79. The fourth-order valence-corrected chi connectivity index (χ4v) is 4.22. The van der Waals surface area contributed by atoms with Crippen molar-refractivity contribution in [3.05, 3.63) is 30.1 Å². The van der Waals surface area contributed by atoms with Crippen LogP contribution in [0.4, 0.5) is 0 Å². The summed E-state index contributed by atoms with van der Waals surface area (Å²) in [6.07, 6.45) is 10.4. The van der Waals surface area contributed by atoms with Crippen molar-refractivity contribution in [3.63, 3.8) is 0 Å². The Bertz CT molecular complexity index is 420. The van der Waals surface area contributed by atoms with E-state index in [1.165, 1.54) is 44.2 Å². The Morgan fingerprint density at radius 1 is 1.25 bits per heavy atom. The van der Waals surface area contributed by atoms with Gasteiger partial charge in [0.15, 0.2) is 0 Å². The molecule has 2 fully saturated rings. The Morgan fingerprint density at radius 2 is 2.05 bits per heavy atom. The summed E-state index contributed by atoms with van der Waals surface area (Å²) in [5, 5.41) is 0. The Labute approximate surface area is 122 Å². The lowest BCUT2D eigenvalue weighted by molar-refractivity contribution is 0.0753. The lowest BCUT2D eigenvalue weighted by Crippen LogP contribution is -2.46. The monoisotopic (exact) mass is 273 g/mol. The van der Waals surface area contributed by atoms with Crippen molar-refractivity contribution >= 4 is 0 Å². The van der Waals surface area contributed by atoms with Gasteiger partial charge in [-0.2, -0.15) is 0 Å². The van der Waals surface area contributed by atoms with E-state index in [2.05, 4.69) is 28.9 Å². The van der Waals surface area contributed by atoms with E-state index < -0.39 is 0 Å². The Kier molecular flexibility index (Phi) is 4.37. The second kappa shape index (κ2) is 6.23. The third-order valence-corrected chi connectivity index (χ3v) is 5.33. The smallest absolute Gasteiger partial charge is 0.0352 e. The first kappa shape index (κ1) is 14.0. The third-order valence-electron chi connectivity index (χ3n) is 5.33. The number of aromatic nitrogens is 1. The van der Waals surface area contributed by atoms with Crippen molar-refractivity contribution in [1.82, 2.24) is 9.88 Å². The van der Waals surface area contributed by atoms with Gasteiger partial charge in [0.2, 0.25) is 0 Å². The summed E-state index contributed by atoms with van der Waals surface area (Å²) in [7, 11) is 0. The SMILES string of the molecule is CC1CCC(CN)C(N2CCCC2c2ccncc2)C1. The molecule has 0 bridgehead atoms. The lowest BCUT2D eigenvalue weighted by atomic mass is 9.78. The molecular weight excluding hydrogens is 246 g/mol. The molecule has 1 saturated heterocycles. The molecular formula is C17H27N3. The predicted molar refractivity (Wildman–Crippen MR) is 82.3 cm³/mol. The van der Waals surface area contributed by atoms with Gasteiger partial charge < -0.3 is 5.73 Å². The first-order valence-electron chi connectivity index (χ1n) is 8.15. The lowest BCUT2D eigenvalue weighted by Gasteiger charge is -2.42. The van der Waals surface area contributed by atoms with E-state index >= 15 is 0 Å². The quantitative estimate of drug-likeness (QED) is 0.920. The number of hydrogen-bond acceptors (Lipinski definition) is 3. The highest BCUT2D eigenvalue weighted by Gasteiger charge is 2.38. The van der Waals surface area contributed by atoms with E-state index in [4.69, 9.17) is 5.73 Å². The zero-order valence-electron chi connectivity index (χ0n) is 12.5. The van der Waals surface area contributed by atoms with Crippen molar-refractivity contribution in [2.75, 3.05) is 13.1 Å². The van der Waals surface area contributed by atoms with Crippen LogP contribution in [0.25, 0.3) is 0 Å². The van der Waals surface area contributed by atoms with Gasteiger partial charge in [0, 0.05) is 24.5 Å². The van der Waals surface area contributed by atoms with E-state index in [1.807, 2.05) is 12.4 Å². The van der Waals surface area contributed by atoms with E-state index in [1.54, 1.807) is 0 Å². The van der Waals surface area contributed by atoms with Crippen molar-refractivity contribution < 1.29 is 0 Å². The van der Waals surface area contributed by atoms with Crippen molar-refractivity contribution in [3.8, 4) is 0 Å². The van der Waals surface area contributed by atoms with Crippen molar-refractivity contribution in [2.24, 2.45) is 17.6 Å². The summed E-state index contributed by atoms with van der Waals surface area (Å²) in [4.78, 5) is 6.91. The van der Waals surface area contributed by atoms with Gasteiger partial charge in [-0.15, -0.1) is 0 Å². The maximum atomic E-state index is 6.05. The van der Waals surface area contributed by atoms with Gasteiger partial charge in [0.1, 0.15) is 0 Å². The summed E-state index contributed by atoms with van der Waals surface area (Å²) in [6, 6.07) is 5.64. The maximum Gasteiger partial charge on any atom is 0.0352 e. The van der Waals surface area contributed by atoms with Crippen molar-refractivity contribution in [2.45, 2.75) is 51.1 Å². The average molecular weight is 273 g/mol. The molecule has 2 aliphatic rings. The molecule has 110 valence electrons. The molecule has 1 saturated carbocycles. The Hall–Kier alpha value is -0.930. The second-order valence-corrected chi connectivity index (χ2v) is 6.66. The van der Waals surface area contributed by atoms with Crippen LogP contribution in [0.2, 0.25) is 0 Å². The highest BCUT2D eigenvalue weighted by Crippen LogP contribution is 2.40. The molecule has 1 aliphatic carbocycles.